The Bertz CT molecular complexity index is 628. The molecule has 3 N–H and O–H groups in total. The summed E-state index contributed by atoms with van der Waals surface area (Å²) in [7, 11) is 1.70. The summed E-state index contributed by atoms with van der Waals surface area (Å²) in [5, 5.41) is 21.6. The molecule has 8 heteroatoms. The van der Waals surface area contributed by atoms with Crippen LogP contribution < -0.4 is 5.32 Å². The Morgan fingerprint density at radius 3 is 3.18 bits per heavy atom. The van der Waals surface area contributed by atoms with E-state index in [-0.39, 0.29) is 18.7 Å². The van der Waals surface area contributed by atoms with Gasteiger partial charge in [-0.3, -0.25) is 5.10 Å². The Labute approximate surface area is 131 Å². The fraction of sp³-hybridized carbons (Fsp3) is 0.429. The summed E-state index contributed by atoms with van der Waals surface area (Å²) in [4.78, 5) is 14.7. The molecule has 118 valence electrons. The van der Waals surface area contributed by atoms with Gasteiger partial charge in [0.05, 0.1) is 42.5 Å². The number of carbonyl (C=O) groups excluding carboxylic acids is 1. The molecule has 0 radical (unpaired) electrons. The number of hydrogen-bond donors (Lipinski definition) is 3. The quantitative estimate of drug-likeness (QED) is 0.784. The second-order valence-electron chi connectivity index (χ2n) is 5.27. The molecule has 1 aliphatic rings. The Morgan fingerprint density at radius 2 is 2.50 bits per heavy atom. The van der Waals surface area contributed by atoms with Crippen molar-refractivity contribution in [2.24, 2.45) is 0 Å². The number of aromatic amines is 1. The van der Waals surface area contributed by atoms with Crippen molar-refractivity contribution in [1.82, 2.24) is 20.4 Å². The molecule has 1 aliphatic heterocycles. The third-order valence-corrected chi connectivity index (χ3v) is 4.41. The first-order chi connectivity index (χ1) is 10.6. The zero-order valence-electron chi connectivity index (χ0n) is 12.2. The van der Waals surface area contributed by atoms with E-state index in [9.17, 15) is 9.90 Å². The van der Waals surface area contributed by atoms with Crippen LogP contribution in [0.2, 0.25) is 0 Å². The number of H-pyrrole nitrogens is 1. The number of thiophene rings is 1. The fourth-order valence-corrected chi connectivity index (χ4v) is 2.96. The summed E-state index contributed by atoms with van der Waals surface area (Å²) in [6.07, 6.45) is -0.644. The van der Waals surface area contributed by atoms with Crippen LogP contribution in [0.15, 0.2) is 23.6 Å². The maximum Gasteiger partial charge on any atom is 0.317 e. The van der Waals surface area contributed by atoms with Gasteiger partial charge in [0.2, 0.25) is 0 Å². The van der Waals surface area contributed by atoms with Gasteiger partial charge >= 0.3 is 6.03 Å². The lowest BCUT2D eigenvalue weighted by Gasteiger charge is -2.21. The number of aromatic nitrogens is 2. The second-order valence-corrected chi connectivity index (χ2v) is 6.22. The van der Waals surface area contributed by atoms with E-state index in [1.807, 2.05) is 23.6 Å². The van der Waals surface area contributed by atoms with Gasteiger partial charge in [0.15, 0.2) is 0 Å². The summed E-state index contributed by atoms with van der Waals surface area (Å²) >= 11 is 1.62. The monoisotopic (exact) mass is 322 g/mol. The van der Waals surface area contributed by atoms with Gasteiger partial charge in [-0.15, -0.1) is 11.3 Å². The first-order valence-electron chi connectivity index (χ1n) is 6.99. The predicted molar refractivity (Wildman–Crippen MR) is 82.5 cm³/mol. The van der Waals surface area contributed by atoms with E-state index < -0.39 is 6.10 Å². The predicted octanol–water partition coefficient (Wildman–Crippen LogP) is 1.04. The minimum absolute atomic E-state index is 0.248. The molecule has 7 nitrogen and oxygen atoms in total. The van der Waals surface area contributed by atoms with E-state index in [1.165, 1.54) is 4.90 Å². The van der Waals surface area contributed by atoms with Crippen LogP contribution >= 0.6 is 11.3 Å². The van der Waals surface area contributed by atoms with Crippen LogP contribution in [0.25, 0.3) is 10.6 Å². The number of aliphatic hydroxyl groups is 1. The van der Waals surface area contributed by atoms with Crippen LogP contribution in [0.1, 0.15) is 5.69 Å². The molecule has 3 heterocycles. The van der Waals surface area contributed by atoms with E-state index in [4.69, 9.17) is 4.74 Å². The van der Waals surface area contributed by atoms with Crippen LogP contribution in [-0.2, 0) is 11.3 Å². The number of amides is 2. The normalized spacial score (nSPS) is 21.0. The van der Waals surface area contributed by atoms with Gasteiger partial charge in [-0.1, -0.05) is 6.07 Å². The van der Waals surface area contributed by atoms with Crippen molar-refractivity contribution in [3.05, 3.63) is 29.3 Å². The Kier molecular flexibility index (Phi) is 4.41. The second kappa shape index (κ2) is 6.47. The number of ether oxygens (including phenoxy) is 1. The van der Waals surface area contributed by atoms with Crippen LogP contribution in [0.4, 0.5) is 4.79 Å². The van der Waals surface area contributed by atoms with Crippen LogP contribution in [0.5, 0.6) is 0 Å². The molecule has 2 amide bonds. The van der Waals surface area contributed by atoms with Gasteiger partial charge in [0.25, 0.3) is 0 Å². The highest BCUT2D eigenvalue weighted by Crippen LogP contribution is 2.23. The molecule has 0 bridgehead atoms. The van der Waals surface area contributed by atoms with Crippen LogP contribution in [0.3, 0.4) is 0 Å². The molecule has 0 aliphatic carbocycles. The van der Waals surface area contributed by atoms with Gasteiger partial charge in [0, 0.05) is 7.05 Å². The number of aliphatic hydroxyl groups excluding tert-OH is 1. The third-order valence-electron chi connectivity index (χ3n) is 3.52. The largest absolute Gasteiger partial charge is 0.388 e. The van der Waals surface area contributed by atoms with Gasteiger partial charge in [-0.25, -0.2) is 4.79 Å². The molecule has 1 fully saturated rings. The average molecular weight is 322 g/mol. The maximum absolute atomic E-state index is 12.1. The Balaban J connectivity index is 1.57. The third kappa shape index (κ3) is 3.29. The molecular formula is C14H18N4O3S. The number of urea groups is 1. The average Bonchev–Trinajstić information content (AvgIpc) is 3.21. The highest BCUT2D eigenvalue weighted by Gasteiger charge is 2.28. The minimum atomic E-state index is -0.644. The van der Waals surface area contributed by atoms with Gasteiger partial charge in [-0.05, 0) is 17.5 Å². The van der Waals surface area contributed by atoms with E-state index in [0.717, 1.165) is 16.3 Å². The molecule has 1 saturated heterocycles. The lowest BCUT2D eigenvalue weighted by Crippen LogP contribution is -2.47. The molecule has 2 aromatic rings. The molecule has 0 spiro atoms. The zero-order chi connectivity index (χ0) is 15.5. The van der Waals surface area contributed by atoms with Gasteiger partial charge in [0.1, 0.15) is 5.69 Å². The number of carbonyl (C=O) groups is 1. The van der Waals surface area contributed by atoms with Crippen molar-refractivity contribution in [2.45, 2.75) is 18.7 Å². The van der Waals surface area contributed by atoms with Gasteiger partial charge < -0.3 is 20.1 Å². The molecule has 3 rings (SSSR count). The van der Waals surface area contributed by atoms with E-state index in [2.05, 4.69) is 15.5 Å². The Hall–Kier alpha value is -1.90. The van der Waals surface area contributed by atoms with Crippen molar-refractivity contribution in [3.8, 4) is 10.6 Å². The first-order valence-corrected chi connectivity index (χ1v) is 7.87. The molecule has 22 heavy (non-hydrogen) atoms. The molecule has 2 atom stereocenters. The molecular weight excluding hydrogens is 304 g/mol. The summed E-state index contributed by atoms with van der Waals surface area (Å²) in [6.45, 7) is 1.01. The highest BCUT2D eigenvalue weighted by molar-refractivity contribution is 7.13. The molecule has 0 aromatic carbocycles. The van der Waals surface area contributed by atoms with Gasteiger partial charge in [-0.2, -0.15) is 5.10 Å². The minimum Gasteiger partial charge on any atom is -0.388 e. The topological polar surface area (TPSA) is 90.5 Å². The smallest absolute Gasteiger partial charge is 0.317 e. The first kappa shape index (κ1) is 15.0. The van der Waals surface area contributed by atoms with Crippen molar-refractivity contribution in [3.63, 3.8) is 0 Å². The Morgan fingerprint density at radius 1 is 1.64 bits per heavy atom. The highest BCUT2D eigenvalue weighted by atomic mass is 32.1. The number of rotatable bonds is 4. The molecule has 0 unspecified atom stereocenters. The van der Waals surface area contributed by atoms with Crippen LogP contribution in [-0.4, -0.2) is 58.6 Å². The lowest BCUT2D eigenvalue weighted by molar-refractivity contribution is 0.121. The maximum atomic E-state index is 12.1. The number of hydrogen-bond acceptors (Lipinski definition) is 5. The number of nitrogens with one attached hydrogen (secondary N) is 2. The van der Waals surface area contributed by atoms with E-state index in [1.54, 1.807) is 18.4 Å². The van der Waals surface area contributed by atoms with Crippen molar-refractivity contribution in [1.29, 1.82) is 0 Å². The summed E-state index contributed by atoms with van der Waals surface area (Å²) in [5.74, 6) is 0. The molecule has 0 saturated carbocycles. The zero-order valence-corrected chi connectivity index (χ0v) is 13.0. The number of nitrogens with zero attached hydrogens (tertiary/aromatic N) is 2. The lowest BCUT2D eigenvalue weighted by atomic mass is 10.2. The summed E-state index contributed by atoms with van der Waals surface area (Å²) < 4.78 is 5.11. The van der Waals surface area contributed by atoms with Crippen LogP contribution in [0, 0.1) is 0 Å². The van der Waals surface area contributed by atoms with Crippen molar-refractivity contribution < 1.29 is 14.6 Å². The SMILES string of the molecule is CN(Cc1cc(-c2cccs2)n[nH]1)C(=O)N[C@H]1COC[C@@H]1O. The fourth-order valence-electron chi connectivity index (χ4n) is 2.27. The standard InChI is InChI=1S/C14H18N4O3S/c1-18(14(20)15-11-7-21-8-12(11)19)6-9-5-10(17-16-9)13-3-2-4-22-13/h2-5,11-12,19H,6-8H2,1H3,(H,15,20)(H,16,17)/t11-,12-/m0/s1. The van der Waals surface area contributed by atoms with Crippen molar-refractivity contribution >= 4 is 17.4 Å². The summed E-state index contributed by atoms with van der Waals surface area (Å²) in [6, 6.07) is 5.31. The summed E-state index contributed by atoms with van der Waals surface area (Å²) in [5.41, 5.74) is 1.72. The molecule has 2 aromatic heterocycles. The van der Waals surface area contributed by atoms with E-state index >= 15 is 0 Å². The van der Waals surface area contributed by atoms with E-state index in [0.29, 0.717) is 13.2 Å². The van der Waals surface area contributed by atoms with Crippen molar-refractivity contribution in [2.75, 3.05) is 20.3 Å².